The monoisotopic (exact) mass is 505 g/mol. The Balaban J connectivity index is 0.000000224. The van der Waals surface area contributed by atoms with E-state index in [2.05, 4.69) is 46.5 Å². The van der Waals surface area contributed by atoms with E-state index < -0.39 is 13.5 Å². The number of hydrazone groups is 1. The molecule has 0 unspecified atom stereocenters. The molecule has 2 heterocycles. The van der Waals surface area contributed by atoms with Gasteiger partial charge in [0, 0.05) is 13.0 Å². The second kappa shape index (κ2) is 11.5. The Hall–Kier alpha value is -1.32. The molecule has 0 N–H and O–H groups in total. The SMILES string of the molecule is [CH3-].[Cl][Ru]([Cl])=[CH]c1cccs1.c1ccc(C2=NN(c3ccccc3)CC2)cc1. The zero-order valence-corrected chi connectivity index (χ0v) is 19.0. The number of anilines is 1. The van der Waals surface area contributed by atoms with Crippen LogP contribution in [0.3, 0.4) is 0 Å². The van der Waals surface area contributed by atoms with Gasteiger partial charge in [-0.15, -0.1) is 0 Å². The van der Waals surface area contributed by atoms with E-state index in [0.29, 0.717) is 0 Å². The molecular weight excluding hydrogens is 484 g/mol. The predicted octanol–water partition coefficient (Wildman–Crippen LogP) is 6.58. The number of nitrogens with zero attached hydrogens (tertiary/aromatic N) is 2. The summed E-state index contributed by atoms with van der Waals surface area (Å²) < 4.78 is 1.94. The maximum absolute atomic E-state index is 5.63. The molecule has 2 aromatic carbocycles. The number of para-hydroxylation sites is 1. The Bertz CT molecular complexity index is 862. The van der Waals surface area contributed by atoms with E-state index in [0.717, 1.165) is 13.0 Å². The first-order valence-corrected chi connectivity index (χ1v) is 14.4. The van der Waals surface area contributed by atoms with E-state index in [9.17, 15) is 0 Å². The fraction of sp³-hybridized carbons (Fsp3) is 0.0952. The smallest absolute Gasteiger partial charge is 0.0700 e. The molecule has 144 valence electrons. The van der Waals surface area contributed by atoms with Gasteiger partial charge in [0.05, 0.1) is 11.4 Å². The fourth-order valence-corrected chi connectivity index (χ4v) is 5.94. The van der Waals surface area contributed by atoms with Crippen molar-refractivity contribution in [3.05, 3.63) is 96.0 Å². The Morgan fingerprint density at radius 1 is 0.926 bits per heavy atom. The molecule has 6 heteroatoms. The first-order chi connectivity index (χ1) is 12.7. The number of rotatable bonds is 3. The summed E-state index contributed by atoms with van der Waals surface area (Å²) in [4.78, 5) is 1.18. The van der Waals surface area contributed by atoms with Gasteiger partial charge in [-0.1, -0.05) is 48.5 Å². The van der Waals surface area contributed by atoms with Crippen molar-refractivity contribution >= 4 is 46.7 Å². The summed E-state index contributed by atoms with van der Waals surface area (Å²) in [5.74, 6) is 0. The third kappa shape index (κ3) is 6.97. The van der Waals surface area contributed by atoms with Crippen molar-refractivity contribution in [1.29, 1.82) is 0 Å². The minimum Gasteiger partial charge on any atom is -0.265 e. The molecule has 0 aliphatic carbocycles. The molecule has 0 amide bonds. The maximum Gasteiger partial charge on any atom is 0.0700 e. The van der Waals surface area contributed by atoms with Crippen LogP contribution in [0, 0.1) is 7.43 Å². The Morgan fingerprint density at radius 3 is 2.19 bits per heavy atom. The van der Waals surface area contributed by atoms with E-state index in [1.54, 1.807) is 11.3 Å². The van der Waals surface area contributed by atoms with Crippen LogP contribution in [0.4, 0.5) is 5.69 Å². The number of thiophene rings is 1. The van der Waals surface area contributed by atoms with E-state index >= 15 is 0 Å². The summed E-state index contributed by atoms with van der Waals surface area (Å²) in [7, 11) is 11.3. The van der Waals surface area contributed by atoms with Gasteiger partial charge in [0.1, 0.15) is 0 Å². The molecule has 0 atom stereocenters. The van der Waals surface area contributed by atoms with Crippen molar-refractivity contribution in [2.45, 2.75) is 6.42 Å². The molecule has 0 bridgehead atoms. The predicted molar refractivity (Wildman–Crippen MR) is 119 cm³/mol. The van der Waals surface area contributed by atoms with Gasteiger partial charge < -0.3 is 7.43 Å². The normalized spacial score (nSPS) is 13.0. The second-order valence-electron chi connectivity index (χ2n) is 5.44. The minimum atomic E-state index is -1.57. The first kappa shape index (κ1) is 22.0. The molecule has 0 saturated carbocycles. The van der Waals surface area contributed by atoms with Crippen LogP contribution < -0.4 is 5.01 Å². The van der Waals surface area contributed by atoms with Gasteiger partial charge in [0.25, 0.3) is 0 Å². The van der Waals surface area contributed by atoms with Crippen LogP contribution in [0.1, 0.15) is 16.9 Å². The number of hydrogen-bond donors (Lipinski definition) is 0. The van der Waals surface area contributed by atoms with Gasteiger partial charge in [-0.2, -0.15) is 5.10 Å². The van der Waals surface area contributed by atoms with Crippen molar-refractivity contribution in [3.63, 3.8) is 0 Å². The third-order valence-electron chi connectivity index (χ3n) is 3.68. The second-order valence-corrected chi connectivity index (χ2v) is 12.1. The Labute approximate surface area is 178 Å². The summed E-state index contributed by atoms with van der Waals surface area (Å²) >= 11 is 0.0926. The van der Waals surface area contributed by atoms with Crippen LogP contribution in [0.2, 0.25) is 0 Å². The molecule has 1 aromatic heterocycles. The zero-order valence-electron chi connectivity index (χ0n) is 14.9. The molecule has 1 aliphatic rings. The summed E-state index contributed by atoms with van der Waals surface area (Å²) in [5, 5.41) is 8.76. The third-order valence-corrected chi connectivity index (χ3v) is 6.67. The molecule has 0 saturated heterocycles. The fourth-order valence-electron chi connectivity index (χ4n) is 2.50. The van der Waals surface area contributed by atoms with E-state index in [1.807, 2.05) is 46.4 Å². The van der Waals surface area contributed by atoms with Crippen molar-refractivity contribution < 1.29 is 13.5 Å². The standard InChI is InChI=1S/C15H14N2.C5H4S.CH3.2ClH.Ru/c1-3-7-13(8-4-1)15-11-12-17(16-15)14-9-5-2-6-10-14;1-5-3-2-4-6-5;;;;/h1-10H,11-12H2;1-4H;1H3;2*1H;/q;;-1;;;+2/p-2. The van der Waals surface area contributed by atoms with Gasteiger partial charge in [0.2, 0.25) is 0 Å². The van der Waals surface area contributed by atoms with Crippen molar-refractivity contribution in [2.24, 2.45) is 5.10 Å². The Kier molecular flexibility index (Phi) is 9.37. The molecule has 2 nitrogen and oxygen atoms in total. The molecular formula is C21H21Cl2N2RuS-. The van der Waals surface area contributed by atoms with Crippen LogP contribution >= 0.6 is 30.7 Å². The molecule has 1 aliphatic heterocycles. The number of halogens is 2. The summed E-state index contributed by atoms with van der Waals surface area (Å²) in [5.41, 5.74) is 3.57. The summed E-state index contributed by atoms with van der Waals surface area (Å²) in [6.45, 7) is 0.967. The van der Waals surface area contributed by atoms with Gasteiger partial charge in [-0.3, -0.25) is 5.01 Å². The van der Waals surface area contributed by atoms with E-state index in [1.165, 1.54) is 21.8 Å². The maximum atomic E-state index is 5.63. The van der Waals surface area contributed by atoms with Gasteiger partial charge in [-0.05, 0) is 17.7 Å². The van der Waals surface area contributed by atoms with Crippen molar-refractivity contribution in [1.82, 2.24) is 0 Å². The van der Waals surface area contributed by atoms with Gasteiger partial charge >= 0.3 is 71.2 Å². The summed E-state index contributed by atoms with van der Waals surface area (Å²) in [6.07, 6.45) is 1.01. The quantitative estimate of drug-likeness (QED) is 0.290. The van der Waals surface area contributed by atoms with Crippen LogP contribution in [0.5, 0.6) is 0 Å². The topological polar surface area (TPSA) is 15.6 Å². The summed E-state index contributed by atoms with van der Waals surface area (Å²) in [6, 6.07) is 24.7. The van der Waals surface area contributed by atoms with Gasteiger partial charge in [-0.25, -0.2) is 0 Å². The van der Waals surface area contributed by atoms with Crippen molar-refractivity contribution in [3.8, 4) is 0 Å². The molecule has 4 rings (SSSR count). The van der Waals surface area contributed by atoms with Crippen molar-refractivity contribution in [2.75, 3.05) is 11.6 Å². The van der Waals surface area contributed by atoms with Crippen LogP contribution in [0.25, 0.3) is 0 Å². The average Bonchev–Trinajstić information content (AvgIpc) is 3.35. The molecule has 0 radical (unpaired) electrons. The van der Waals surface area contributed by atoms with E-state index in [4.69, 9.17) is 19.4 Å². The van der Waals surface area contributed by atoms with Crippen LogP contribution in [0.15, 0.2) is 83.3 Å². The molecule has 3 aromatic rings. The first-order valence-electron chi connectivity index (χ1n) is 8.04. The molecule has 0 spiro atoms. The average molecular weight is 505 g/mol. The van der Waals surface area contributed by atoms with E-state index in [-0.39, 0.29) is 7.43 Å². The van der Waals surface area contributed by atoms with Gasteiger partial charge in [0.15, 0.2) is 0 Å². The Morgan fingerprint density at radius 2 is 1.59 bits per heavy atom. The molecule has 27 heavy (non-hydrogen) atoms. The zero-order chi connectivity index (χ0) is 18.2. The number of hydrogen-bond acceptors (Lipinski definition) is 3. The minimum absolute atomic E-state index is 0. The largest absolute Gasteiger partial charge is 0.265 e. The van der Waals surface area contributed by atoms with Crippen LogP contribution in [-0.2, 0) is 13.5 Å². The molecule has 0 fully saturated rings. The van der Waals surface area contributed by atoms with Crippen LogP contribution in [-0.4, -0.2) is 16.9 Å². The number of benzene rings is 2.